The summed E-state index contributed by atoms with van der Waals surface area (Å²) in [7, 11) is 0. The molecule has 0 spiro atoms. The van der Waals surface area contributed by atoms with Crippen LogP contribution in [0.4, 0.5) is 15.9 Å². The van der Waals surface area contributed by atoms with Gasteiger partial charge in [0.2, 0.25) is 0 Å². The molecule has 1 aromatic heterocycles. The van der Waals surface area contributed by atoms with Gasteiger partial charge in [-0.3, -0.25) is 4.79 Å². The van der Waals surface area contributed by atoms with Gasteiger partial charge in [0.05, 0.1) is 17.8 Å². The van der Waals surface area contributed by atoms with E-state index in [2.05, 4.69) is 15.2 Å². The van der Waals surface area contributed by atoms with E-state index in [9.17, 15) is 9.18 Å². The van der Waals surface area contributed by atoms with Crippen LogP contribution in [-0.4, -0.2) is 36.2 Å². The molecule has 2 unspecified atom stereocenters. The molecule has 2 aromatic carbocycles. The van der Waals surface area contributed by atoms with Crippen molar-refractivity contribution in [3.8, 4) is 11.1 Å². The molecule has 160 valence electrons. The molecule has 1 aliphatic heterocycles. The van der Waals surface area contributed by atoms with Crippen molar-refractivity contribution in [3.63, 3.8) is 0 Å². The largest absolute Gasteiger partial charge is 0.372 e. The Balaban J connectivity index is 1.50. The van der Waals surface area contributed by atoms with Crippen LogP contribution in [0, 0.1) is 12.7 Å². The van der Waals surface area contributed by atoms with Gasteiger partial charge in [-0.25, -0.2) is 9.37 Å². The van der Waals surface area contributed by atoms with Gasteiger partial charge in [-0.05, 0) is 67.8 Å². The third-order valence-corrected chi connectivity index (χ3v) is 5.49. The van der Waals surface area contributed by atoms with E-state index >= 15 is 0 Å². The highest BCUT2D eigenvalue weighted by Gasteiger charge is 2.23. The average Bonchev–Trinajstić information content (AvgIpc) is 2.75. The van der Waals surface area contributed by atoms with Crippen molar-refractivity contribution < 1.29 is 13.9 Å². The first-order chi connectivity index (χ1) is 14.9. The van der Waals surface area contributed by atoms with Gasteiger partial charge in [-0.15, -0.1) is 0 Å². The van der Waals surface area contributed by atoms with Crippen LogP contribution in [0.25, 0.3) is 11.1 Å². The fourth-order valence-corrected chi connectivity index (χ4v) is 3.98. The number of halogens is 1. The molecule has 2 heterocycles. The monoisotopic (exact) mass is 419 g/mol. The molecule has 1 fully saturated rings. The molecule has 0 bridgehead atoms. The van der Waals surface area contributed by atoms with Crippen LogP contribution in [0.1, 0.15) is 29.8 Å². The average molecular weight is 420 g/mol. The van der Waals surface area contributed by atoms with Crippen molar-refractivity contribution >= 4 is 17.4 Å². The molecule has 5 nitrogen and oxygen atoms in total. The summed E-state index contributed by atoms with van der Waals surface area (Å²) in [5.41, 5.74) is 3.97. The standard InChI is InChI=1S/C25H26FN3O2/c1-16-14-29(15-17(2)31-16)24-12-9-20(13-27-24)25(30)28-23-6-4-5-22(18(23)3)19-7-10-21(26)11-8-19/h4-13,16-17H,14-15H2,1-3H3,(H,28,30). The summed E-state index contributed by atoms with van der Waals surface area (Å²) in [6, 6.07) is 15.7. The number of carbonyl (C=O) groups is 1. The number of nitrogens with zero attached hydrogens (tertiary/aromatic N) is 2. The third kappa shape index (κ3) is 4.75. The Hall–Kier alpha value is -3.25. The van der Waals surface area contributed by atoms with E-state index in [0.29, 0.717) is 11.3 Å². The van der Waals surface area contributed by atoms with E-state index in [1.54, 1.807) is 24.4 Å². The number of carbonyl (C=O) groups excluding carboxylic acids is 1. The van der Waals surface area contributed by atoms with E-state index in [4.69, 9.17) is 4.74 Å². The molecule has 1 aliphatic rings. The molecule has 1 amide bonds. The van der Waals surface area contributed by atoms with Gasteiger partial charge in [0.1, 0.15) is 11.6 Å². The van der Waals surface area contributed by atoms with Crippen molar-refractivity contribution in [2.45, 2.75) is 33.0 Å². The first-order valence-corrected chi connectivity index (χ1v) is 10.4. The Labute approximate surface area is 181 Å². The normalized spacial score (nSPS) is 18.6. The number of ether oxygens (including phenoxy) is 1. The van der Waals surface area contributed by atoms with Crippen molar-refractivity contribution in [2.24, 2.45) is 0 Å². The summed E-state index contributed by atoms with van der Waals surface area (Å²) >= 11 is 0. The lowest BCUT2D eigenvalue weighted by molar-refractivity contribution is -0.00546. The van der Waals surface area contributed by atoms with Gasteiger partial charge in [-0.2, -0.15) is 0 Å². The van der Waals surface area contributed by atoms with Crippen LogP contribution in [0.5, 0.6) is 0 Å². The van der Waals surface area contributed by atoms with Gasteiger partial charge < -0.3 is 15.0 Å². The van der Waals surface area contributed by atoms with E-state index in [1.165, 1.54) is 12.1 Å². The molecule has 6 heteroatoms. The van der Waals surface area contributed by atoms with Gasteiger partial charge in [0.25, 0.3) is 5.91 Å². The van der Waals surface area contributed by atoms with Gasteiger partial charge >= 0.3 is 0 Å². The molecule has 31 heavy (non-hydrogen) atoms. The van der Waals surface area contributed by atoms with Crippen LogP contribution in [0.3, 0.4) is 0 Å². The smallest absolute Gasteiger partial charge is 0.257 e. The zero-order chi connectivity index (χ0) is 22.0. The number of hydrogen-bond acceptors (Lipinski definition) is 4. The SMILES string of the molecule is Cc1c(NC(=O)c2ccc(N3CC(C)OC(C)C3)nc2)cccc1-c1ccc(F)cc1. The van der Waals surface area contributed by atoms with Crippen molar-refractivity contribution in [1.82, 2.24) is 4.98 Å². The maximum Gasteiger partial charge on any atom is 0.257 e. The minimum absolute atomic E-state index is 0.143. The summed E-state index contributed by atoms with van der Waals surface area (Å²) in [6.45, 7) is 7.59. The Morgan fingerprint density at radius 1 is 1.06 bits per heavy atom. The summed E-state index contributed by atoms with van der Waals surface area (Å²) in [4.78, 5) is 19.5. The minimum atomic E-state index is -0.275. The fraction of sp³-hybridized carbons (Fsp3) is 0.280. The zero-order valence-electron chi connectivity index (χ0n) is 17.9. The summed E-state index contributed by atoms with van der Waals surface area (Å²) in [5.74, 6) is 0.345. The molecule has 4 rings (SSSR count). The van der Waals surface area contributed by atoms with Crippen LogP contribution >= 0.6 is 0 Å². The number of aromatic nitrogens is 1. The number of morpholine rings is 1. The van der Waals surface area contributed by atoms with Gasteiger partial charge in [0.15, 0.2) is 0 Å². The van der Waals surface area contributed by atoms with Crippen LogP contribution in [-0.2, 0) is 4.74 Å². The Morgan fingerprint density at radius 2 is 1.77 bits per heavy atom. The first-order valence-electron chi connectivity index (χ1n) is 10.4. The number of rotatable bonds is 4. The predicted octanol–water partition coefficient (Wildman–Crippen LogP) is 5.06. The van der Waals surface area contributed by atoms with E-state index in [-0.39, 0.29) is 23.9 Å². The third-order valence-electron chi connectivity index (χ3n) is 5.49. The second kappa shape index (κ2) is 8.86. The van der Waals surface area contributed by atoms with Crippen LogP contribution < -0.4 is 10.2 Å². The number of anilines is 2. The minimum Gasteiger partial charge on any atom is -0.372 e. The Bertz CT molecular complexity index is 1060. The maximum atomic E-state index is 13.3. The van der Waals surface area contributed by atoms with Crippen molar-refractivity contribution in [3.05, 3.63) is 77.7 Å². The lowest BCUT2D eigenvalue weighted by Crippen LogP contribution is -2.45. The number of hydrogen-bond donors (Lipinski definition) is 1. The summed E-state index contributed by atoms with van der Waals surface area (Å²) < 4.78 is 19.0. The van der Waals surface area contributed by atoms with Crippen LogP contribution in [0.15, 0.2) is 60.8 Å². The molecule has 3 aromatic rings. The molecule has 1 saturated heterocycles. The lowest BCUT2D eigenvalue weighted by Gasteiger charge is -2.36. The fourth-order valence-electron chi connectivity index (χ4n) is 3.98. The zero-order valence-corrected chi connectivity index (χ0v) is 17.9. The highest BCUT2D eigenvalue weighted by molar-refractivity contribution is 6.05. The Morgan fingerprint density at radius 3 is 2.42 bits per heavy atom. The molecule has 1 N–H and O–H groups in total. The second-order valence-corrected chi connectivity index (χ2v) is 8.01. The number of nitrogens with one attached hydrogen (secondary N) is 1. The number of benzene rings is 2. The first kappa shape index (κ1) is 21.0. The molecule has 0 aliphatic carbocycles. The van der Waals surface area contributed by atoms with E-state index in [1.807, 2.05) is 45.0 Å². The Kier molecular flexibility index (Phi) is 6.00. The molecule has 0 saturated carbocycles. The number of pyridine rings is 1. The van der Waals surface area contributed by atoms with Crippen molar-refractivity contribution in [1.29, 1.82) is 0 Å². The summed E-state index contributed by atoms with van der Waals surface area (Å²) in [5, 5.41) is 2.97. The summed E-state index contributed by atoms with van der Waals surface area (Å²) in [6.07, 6.45) is 1.89. The molecule has 0 radical (unpaired) electrons. The van der Waals surface area contributed by atoms with E-state index in [0.717, 1.165) is 35.6 Å². The van der Waals surface area contributed by atoms with Crippen LogP contribution in [0.2, 0.25) is 0 Å². The van der Waals surface area contributed by atoms with Gasteiger partial charge in [0, 0.05) is 25.0 Å². The highest BCUT2D eigenvalue weighted by Crippen LogP contribution is 2.29. The van der Waals surface area contributed by atoms with Gasteiger partial charge in [-0.1, -0.05) is 24.3 Å². The topological polar surface area (TPSA) is 54.5 Å². The maximum absolute atomic E-state index is 13.3. The van der Waals surface area contributed by atoms with E-state index < -0.39 is 0 Å². The highest BCUT2D eigenvalue weighted by atomic mass is 19.1. The second-order valence-electron chi connectivity index (χ2n) is 8.01. The molecular formula is C25H26FN3O2. The van der Waals surface area contributed by atoms with Crippen molar-refractivity contribution in [2.75, 3.05) is 23.3 Å². The molecular weight excluding hydrogens is 393 g/mol. The predicted molar refractivity (Wildman–Crippen MR) is 121 cm³/mol. The number of amides is 1. The quantitative estimate of drug-likeness (QED) is 0.642. The lowest BCUT2D eigenvalue weighted by atomic mass is 9.99. The molecule has 2 atom stereocenters.